The Morgan fingerprint density at radius 3 is 1.77 bits per heavy atom. The Hall–Kier alpha value is -4.87. The maximum Gasteiger partial charge on any atom is 0.416 e. The first-order valence-electron chi connectivity index (χ1n) is 8.35. The maximum absolute atomic E-state index is 13.5. The molecule has 31 heavy (non-hydrogen) atoms. The lowest BCUT2D eigenvalue weighted by Crippen LogP contribution is -2.08. The third-order valence-electron chi connectivity index (χ3n) is 4.58. The Kier molecular flexibility index (Phi) is 4.13. The largest absolute Gasteiger partial charge is 0.416 e. The van der Waals surface area contributed by atoms with Crippen molar-refractivity contribution in [3.8, 4) is 12.1 Å². The van der Waals surface area contributed by atoms with Crippen LogP contribution in [0.25, 0.3) is 42.5 Å². The number of nitriles is 2. The van der Waals surface area contributed by atoms with Crippen molar-refractivity contribution in [1.82, 2.24) is 19.9 Å². The minimum Gasteiger partial charge on any atom is -0.370 e. The number of nitrogens with zero attached hydrogens (tertiary/aromatic N) is 8. The predicted octanol–water partition coefficient (Wildman–Crippen LogP) is 4.90. The Labute approximate surface area is 171 Å². The summed E-state index contributed by atoms with van der Waals surface area (Å²) in [5.41, 5.74) is -1.87. The van der Waals surface area contributed by atoms with Gasteiger partial charge in [-0.2, -0.15) is 23.7 Å². The zero-order valence-corrected chi connectivity index (χ0v) is 15.4. The zero-order chi connectivity index (χ0) is 22.5. The van der Waals surface area contributed by atoms with Crippen LogP contribution in [0, 0.1) is 42.7 Å². The van der Waals surface area contributed by atoms with E-state index in [1.165, 1.54) is 13.0 Å². The second-order valence-corrected chi connectivity index (χ2v) is 6.34. The van der Waals surface area contributed by atoms with Crippen LogP contribution in [0.4, 0.5) is 24.8 Å². The topological polar surface area (TPSA) is 108 Å². The number of hydrogen-bond acceptors (Lipinski definition) is 6. The third-order valence-corrected chi connectivity index (χ3v) is 4.58. The van der Waals surface area contributed by atoms with Crippen LogP contribution in [-0.2, 0) is 6.18 Å². The van der Waals surface area contributed by atoms with Gasteiger partial charge in [-0.1, -0.05) is 13.1 Å². The highest BCUT2D eigenvalue weighted by Crippen LogP contribution is 2.40. The highest BCUT2D eigenvalue weighted by molar-refractivity contribution is 6.21. The molecule has 0 saturated heterocycles. The summed E-state index contributed by atoms with van der Waals surface area (Å²) < 4.78 is 40.6. The first kappa shape index (κ1) is 19.4. The summed E-state index contributed by atoms with van der Waals surface area (Å²) in [4.78, 5) is 22.8. The van der Waals surface area contributed by atoms with Gasteiger partial charge in [-0.05, 0) is 24.6 Å². The number of alkyl halides is 3. The monoisotopic (exact) mass is 414 g/mol. The average Bonchev–Trinajstić information content (AvgIpc) is 2.76. The summed E-state index contributed by atoms with van der Waals surface area (Å²) in [6.45, 7) is 15.7. The Bertz CT molecular complexity index is 1630. The van der Waals surface area contributed by atoms with Crippen molar-refractivity contribution in [1.29, 1.82) is 10.5 Å². The third kappa shape index (κ3) is 2.81. The fraction of sp³-hybridized carbons (Fsp3) is 0.100. The number of halogens is 3. The highest BCUT2D eigenvalue weighted by atomic mass is 19.4. The Morgan fingerprint density at radius 1 is 0.806 bits per heavy atom. The number of rotatable bonds is 0. The molecule has 0 N–H and O–H groups in total. The second kappa shape index (κ2) is 6.59. The minimum absolute atomic E-state index is 0.00597. The van der Waals surface area contributed by atoms with E-state index in [1.807, 2.05) is 0 Å². The molecule has 2 aromatic carbocycles. The molecular formula is C20H5F3N8. The van der Waals surface area contributed by atoms with Crippen molar-refractivity contribution in [2.24, 2.45) is 0 Å². The molecule has 0 spiro atoms. The van der Waals surface area contributed by atoms with E-state index in [0.717, 1.165) is 6.07 Å². The van der Waals surface area contributed by atoms with Crippen LogP contribution in [-0.4, -0.2) is 19.9 Å². The van der Waals surface area contributed by atoms with Crippen molar-refractivity contribution < 1.29 is 13.2 Å². The highest BCUT2D eigenvalue weighted by Gasteiger charge is 2.34. The van der Waals surface area contributed by atoms with E-state index in [1.54, 1.807) is 12.1 Å². The number of aromatic nitrogens is 4. The summed E-state index contributed by atoms with van der Waals surface area (Å²) in [6, 6.07) is 5.53. The van der Waals surface area contributed by atoms with Gasteiger partial charge in [0.1, 0.15) is 23.2 Å². The number of benzene rings is 2. The predicted molar refractivity (Wildman–Crippen MR) is 102 cm³/mol. The standard InChI is InChI=1S/C20H5F3N8/c1-8-4-9-10(5-11(8)20(21,22)23)14-16(29-13(7-25)12(6-24)28-14)17-15(9)30-18(26-2)19(27-3)31-17/h4-5H,1H3. The molecule has 0 aliphatic carbocycles. The molecule has 8 nitrogen and oxygen atoms in total. The molecule has 0 fully saturated rings. The average molecular weight is 414 g/mol. The van der Waals surface area contributed by atoms with Gasteiger partial charge in [0.15, 0.2) is 11.4 Å². The molecule has 0 aliphatic heterocycles. The van der Waals surface area contributed by atoms with Gasteiger partial charge in [0.2, 0.25) is 11.0 Å². The molecule has 4 aromatic rings. The van der Waals surface area contributed by atoms with E-state index in [2.05, 4.69) is 29.6 Å². The quantitative estimate of drug-likeness (QED) is 0.299. The summed E-state index contributed by atoms with van der Waals surface area (Å²) in [7, 11) is 0. The van der Waals surface area contributed by atoms with E-state index in [9.17, 15) is 23.7 Å². The van der Waals surface area contributed by atoms with Crippen LogP contribution in [0.3, 0.4) is 0 Å². The number of aryl methyl sites for hydroxylation is 1. The minimum atomic E-state index is -4.65. The fourth-order valence-electron chi connectivity index (χ4n) is 3.27. The lowest BCUT2D eigenvalue weighted by atomic mass is 9.98. The Morgan fingerprint density at radius 2 is 1.26 bits per heavy atom. The molecule has 0 unspecified atom stereocenters. The number of hydrogen-bond donors (Lipinski definition) is 0. The first-order chi connectivity index (χ1) is 14.7. The molecular weight excluding hydrogens is 409 g/mol. The molecule has 0 atom stereocenters. The maximum atomic E-state index is 13.5. The van der Waals surface area contributed by atoms with Crippen molar-refractivity contribution in [2.75, 3.05) is 0 Å². The molecule has 11 heteroatoms. The zero-order valence-electron chi connectivity index (χ0n) is 15.4. The molecule has 0 bridgehead atoms. The van der Waals surface area contributed by atoms with Crippen LogP contribution >= 0.6 is 0 Å². The first-order valence-corrected chi connectivity index (χ1v) is 8.35. The molecule has 0 saturated carbocycles. The van der Waals surface area contributed by atoms with Crippen molar-refractivity contribution in [3.05, 3.63) is 57.5 Å². The van der Waals surface area contributed by atoms with E-state index < -0.39 is 11.7 Å². The van der Waals surface area contributed by atoms with Crippen LogP contribution in [0.5, 0.6) is 0 Å². The molecule has 0 aliphatic rings. The van der Waals surface area contributed by atoms with Gasteiger partial charge >= 0.3 is 6.18 Å². The van der Waals surface area contributed by atoms with Gasteiger partial charge in [-0.15, -0.1) is 9.97 Å². The van der Waals surface area contributed by atoms with Crippen LogP contribution < -0.4 is 0 Å². The molecule has 146 valence electrons. The smallest absolute Gasteiger partial charge is 0.370 e. The van der Waals surface area contributed by atoms with Crippen LogP contribution in [0.15, 0.2) is 12.1 Å². The Balaban J connectivity index is 2.38. The van der Waals surface area contributed by atoms with Gasteiger partial charge < -0.3 is 9.69 Å². The lowest BCUT2D eigenvalue weighted by Gasteiger charge is -2.13. The molecule has 2 heterocycles. The number of fused-ring (bicyclic) bond motifs is 6. The SMILES string of the molecule is [C-]#[N+]c1nc2c3cc(C)c(C(F)(F)F)cc3c3nc(C#N)c(C#N)nc3c2nc1[N+]#[C-]. The van der Waals surface area contributed by atoms with Gasteiger partial charge in [0, 0.05) is 10.8 Å². The van der Waals surface area contributed by atoms with E-state index in [-0.39, 0.29) is 61.4 Å². The van der Waals surface area contributed by atoms with Crippen molar-refractivity contribution in [2.45, 2.75) is 13.1 Å². The fourth-order valence-corrected chi connectivity index (χ4v) is 3.27. The molecule has 0 radical (unpaired) electrons. The van der Waals surface area contributed by atoms with Crippen LogP contribution in [0.1, 0.15) is 22.5 Å². The van der Waals surface area contributed by atoms with Gasteiger partial charge in [-0.3, -0.25) is 0 Å². The summed E-state index contributed by atoms with van der Waals surface area (Å²) in [5.74, 6) is -0.640. The van der Waals surface area contributed by atoms with E-state index >= 15 is 0 Å². The van der Waals surface area contributed by atoms with Crippen molar-refractivity contribution >= 4 is 44.5 Å². The van der Waals surface area contributed by atoms with Crippen LogP contribution in [0.2, 0.25) is 0 Å². The van der Waals surface area contributed by atoms with Gasteiger partial charge in [0.25, 0.3) is 11.6 Å². The van der Waals surface area contributed by atoms with Crippen molar-refractivity contribution in [3.63, 3.8) is 0 Å². The summed E-state index contributed by atoms with van der Waals surface area (Å²) >= 11 is 0. The lowest BCUT2D eigenvalue weighted by molar-refractivity contribution is -0.137. The molecule has 2 aromatic heterocycles. The normalized spacial score (nSPS) is 11.1. The summed E-state index contributed by atoms with van der Waals surface area (Å²) in [5, 5.41) is 18.8. The van der Waals surface area contributed by atoms with Gasteiger partial charge in [0.05, 0.1) is 5.56 Å². The van der Waals surface area contributed by atoms with Gasteiger partial charge in [-0.25, -0.2) is 9.97 Å². The second-order valence-electron chi connectivity index (χ2n) is 6.34. The molecule has 0 amide bonds. The van der Waals surface area contributed by atoms with E-state index in [4.69, 9.17) is 13.1 Å². The molecule has 4 rings (SSSR count). The summed E-state index contributed by atoms with van der Waals surface area (Å²) in [6.07, 6.45) is -4.65. The van der Waals surface area contributed by atoms with E-state index in [0.29, 0.717) is 0 Å².